The smallest absolute Gasteiger partial charge is 0.264 e. The predicted molar refractivity (Wildman–Crippen MR) is 156 cm³/mol. The molecule has 8 heteroatoms. The van der Waals surface area contributed by atoms with E-state index in [1.165, 1.54) is 21.3 Å². The Morgan fingerprint density at radius 3 is 2.05 bits per heavy atom. The number of nitrogens with one attached hydrogen (secondary N) is 1. The van der Waals surface area contributed by atoms with Gasteiger partial charge in [-0.05, 0) is 62.4 Å². The minimum Gasteiger partial charge on any atom is -0.352 e. The molecule has 0 aliphatic heterocycles. The van der Waals surface area contributed by atoms with E-state index in [2.05, 4.69) is 5.32 Å². The van der Waals surface area contributed by atoms with Gasteiger partial charge in [0.2, 0.25) is 11.8 Å². The molecule has 0 spiro atoms. The summed E-state index contributed by atoms with van der Waals surface area (Å²) in [6, 6.07) is 24.2. The van der Waals surface area contributed by atoms with Crippen molar-refractivity contribution in [3.05, 3.63) is 96.1 Å². The Labute approximate surface area is 232 Å². The van der Waals surface area contributed by atoms with Gasteiger partial charge < -0.3 is 10.2 Å². The molecule has 0 saturated heterocycles. The van der Waals surface area contributed by atoms with Gasteiger partial charge >= 0.3 is 0 Å². The number of anilines is 1. The quantitative estimate of drug-likeness (QED) is 0.331. The first-order valence-corrected chi connectivity index (χ1v) is 14.9. The molecule has 0 heterocycles. The summed E-state index contributed by atoms with van der Waals surface area (Å²) in [6.45, 7) is 7.37. The number of carbonyl (C=O) groups is 2. The lowest BCUT2D eigenvalue weighted by Gasteiger charge is -2.33. The first-order valence-electron chi connectivity index (χ1n) is 13.5. The Kier molecular flexibility index (Phi) is 10.7. The van der Waals surface area contributed by atoms with Crippen LogP contribution in [0.3, 0.4) is 0 Å². The van der Waals surface area contributed by atoms with Crippen LogP contribution in [0.2, 0.25) is 0 Å². The van der Waals surface area contributed by atoms with E-state index >= 15 is 0 Å². The van der Waals surface area contributed by atoms with Crippen molar-refractivity contribution in [3.8, 4) is 0 Å². The second-order valence-corrected chi connectivity index (χ2v) is 11.5. The van der Waals surface area contributed by atoms with E-state index in [-0.39, 0.29) is 23.4 Å². The van der Waals surface area contributed by atoms with Gasteiger partial charge in [-0.25, -0.2) is 8.42 Å². The summed E-state index contributed by atoms with van der Waals surface area (Å²) in [5.74, 6) is -0.708. The summed E-state index contributed by atoms with van der Waals surface area (Å²) in [5.41, 5.74) is 2.29. The molecule has 0 aliphatic carbocycles. The molecule has 3 aromatic rings. The number of hydrogen-bond donors (Lipinski definition) is 1. The summed E-state index contributed by atoms with van der Waals surface area (Å²) < 4.78 is 29.0. The van der Waals surface area contributed by atoms with Crippen LogP contribution < -0.4 is 9.62 Å². The molecular formula is C31H39N3O4S. The number of carbonyl (C=O) groups excluding carboxylic acids is 2. The number of nitrogens with zero attached hydrogens (tertiary/aromatic N) is 2. The van der Waals surface area contributed by atoms with Crippen molar-refractivity contribution in [2.45, 2.75) is 63.9 Å². The average Bonchev–Trinajstić information content (AvgIpc) is 2.96. The second-order valence-electron chi connectivity index (χ2n) is 9.62. The normalized spacial score (nSPS) is 12.8. The largest absolute Gasteiger partial charge is 0.352 e. The third kappa shape index (κ3) is 7.69. The molecule has 3 aromatic carbocycles. The maximum Gasteiger partial charge on any atom is 0.264 e. The lowest BCUT2D eigenvalue weighted by Crippen LogP contribution is -2.53. The fraction of sp³-hybridized carbons (Fsp3) is 0.355. The van der Waals surface area contributed by atoms with Crippen LogP contribution in [0.1, 0.15) is 45.2 Å². The van der Waals surface area contributed by atoms with Crippen molar-refractivity contribution in [3.63, 3.8) is 0 Å². The van der Waals surface area contributed by atoms with Gasteiger partial charge in [0.15, 0.2) is 0 Å². The van der Waals surface area contributed by atoms with Crippen LogP contribution in [0.15, 0.2) is 89.8 Å². The van der Waals surface area contributed by atoms with Crippen LogP contribution >= 0.6 is 0 Å². The van der Waals surface area contributed by atoms with Gasteiger partial charge in [0.05, 0.1) is 10.6 Å². The van der Waals surface area contributed by atoms with Crippen molar-refractivity contribution in [2.24, 2.45) is 0 Å². The predicted octanol–water partition coefficient (Wildman–Crippen LogP) is 4.82. The third-order valence-electron chi connectivity index (χ3n) is 6.90. The molecule has 2 atom stereocenters. The van der Waals surface area contributed by atoms with Gasteiger partial charge in [-0.3, -0.25) is 13.9 Å². The van der Waals surface area contributed by atoms with E-state index in [0.29, 0.717) is 18.5 Å². The molecule has 0 saturated carbocycles. The highest BCUT2D eigenvalue weighted by molar-refractivity contribution is 7.92. The van der Waals surface area contributed by atoms with Gasteiger partial charge in [0.1, 0.15) is 12.6 Å². The van der Waals surface area contributed by atoms with Crippen molar-refractivity contribution < 1.29 is 18.0 Å². The Balaban J connectivity index is 1.99. The van der Waals surface area contributed by atoms with Gasteiger partial charge in [-0.2, -0.15) is 0 Å². The molecule has 208 valence electrons. The summed E-state index contributed by atoms with van der Waals surface area (Å²) >= 11 is 0. The van der Waals surface area contributed by atoms with Gasteiger partial charge in [-0.1, -0.05) is 80.6 Å². The van der Waals surface area contributed by atoms with E-state index in [9.17, 15) is 18.0 Å². The van der Waals surface area contributed by atoms with Crippen LogP contribution in [-0.2, 0) is 32.5 Å². The van der Waals surface area contributed by atoms with Crippen LogP contribution in [0.25, 0.3) is 0 Å². The van der Waals surface area contributed by atoms with E-state index < -0.39 is 28.5 Å². The van der Waals surface area contributed by atoms with E-state index in [0.717, 1.165) is 17.5 Å². The molecule has 0 bridgehead atoms. The molecule has 1 N–H and O–H groups in total. The zero-order valence-electron chi connectivity index (χ0n) is 23.2. The molecule has 2 unspecified atom stereocenters. The molecule has 0 radical (unpaired) electrons. The Morgan fingerprint density at radius 1 is 0.846 bits per heavy atom. The molecule has 7 nitrogen and oxygen atoms in total. The Bertz CT molecular complexity index is 1330. The first kappa shape index (κ1) is 29.9. The second kappa shape index (κ2) is 13.9. The molecular weight excluding hydrogens is 510 g/mol. The lowest BCUT2D eigenvalue weighted by molar-refractivity contribution is -0.139. The van der Waals surface area contributed by atoms with E-state index in [1.54, 1.807) is 37.3 Å². The van der Waals surface area contributed by atoms with Crippen LogP contribution in [0.4, 0.5) is 5.69 Å². The maximum absolute atomic E-state index is 14.0. The number of rotatable bonds is 13. The minimum absolute atomic E-state index is 0.0441. The van der Waals surface area contributed by atoms with Gasteiger partial charge in [-0.15, -0.1) is 0 Å². The molecule has 39 heavy (non-hydrogen) atoms. The number of aryl methyl sites for hydroxylation is 1. The van der Waals surface area contributed by atoms with Gasteiger partial charge in [0, 0.05) is 12.6 Å². The zero-order chi connectivity index (χ0) is 28.4. The number of hydrogen-bond acceptors (Lipinski definition) is 4. The van der Waals surface area contributed by atoms with Crippen LogP contribution in [-0.4, -0.2) is 50.3 Å². The highest BCUT2D eigenvalue weighted by Gasteiger charge is 2.33. The summed E-state index contributed by atoms with van der Waals surface area (Å²) in [4.78, 5) is 28.7. The van der Waals surface area contributed by atoms with Crippen molar-refractivity contribution >= 4 is 27.5 Å². The SMILES string of the molecule is CCc1ccccc1N(CC(=O)N(CCc1ccccc1)C(C)C(=O)NC(C)CC)S(=O)(=O)c1ccccc1. The molecule has 0 aliphatic rings. The van der Waals surface area contributed by atoms with Crippen molar-refractivity contribution in [1.29, 1.82) is 0 Å². The van der Waals surface area contributed by atoms with E-state index in [4.69, 9.17) is 0 Å². The number of amides is 2. The number of benzene rings is 3. The zero-order valence-corrected chi connectivity index (χ0v) is 24.0. The lowest BCUT2D eigenvalue weighted by atomic mass is 10.1. The fourth-order valence-electron chi connectivity index (χ4n) is 4.32. The summed E-state index contributed by atoms with van der Waals surface area (Å²) in [5, 5.41) is 2.96. The summed E-state index contributed by atoms with van der Waals surface area (Å²) in [7, 11) is -4.07. The average molecular weight is 550 g/mol. The summed E-state index contributed by atoms with van der Waals surface area (Å²) in [6.07, 6.45) is 1.88. The van der Waals surface area contributed by atoms with Crippen molar-refractivity contribution in [2.75, 3.05) is 17.4 Å². The van der Waals surface area contributed by atoms with Crippen LogP contribution in [0, 0.1) is 0 Å². The molecule has 0 fully saturated rings. The van der Waals surface area contributed by atoms with Crippen molar-refractivity contribution in [1.82, 2.24) is 10.2 Å². The maximum atomic E-state index is 14.0. The standard InChI is InChI=1S/C31H39N3O4S/c1-5-24(3)32-31(36)25(4)33(22-21-26-15-9-7-10-16-26)30(35)23-34(29-20-14-13-17-27(29)6-2)39(37,38)28-18-11-8-12-19-28/h7-20,24-25H,5-6,21-23H2,1-4H3,(H,32,36). The molecule has 0 aromatic heterocycles. The highest BCUT2D eigenvalue weighted by Crippen LogP contribution is 2.28. The fourth-order valence-corrected chi connectivity index (χ4v) is 5.79. The topological polar surface area (TPSA) is 86.8 Å². The molecule has 3 rings (SSSR count). The van der Waals surface area contributed by atoms with Gasteiger partial charge in [0.25, 0.3) is 10.0 Å². The minimum atomic E-state index is -4.07. The Hall–Kier alpha value is -3.65. The Morgan fingerprint density at radius 2 is 1.44 bits per heavy atom. The first-order chi connectivity index (χ1) is 18.7. The molecule has 2 amide bonds. The highest BCUT2D eigenvalue weighted by atomic mass is 32.2. The third-order valence-corrected chi connectivity index (χ3v) is 8.68. The van der Waals surface area contributed by atoms with E-state index in [1.807, 2.05) is 63.2 Å². The number of sulfonamides is 1. The monoisotopic (exact) mass is 549 g/mol. The van der Waals surface area contributed by atoms with Crippen LogP contribution in [0.5, 0.6) is 0 Å². The number of para-hydroxylation sites is 1.